The molecule has 1 aliphatic heterocycles. The van der Waals surface area contributed by atoms with Crippen LogP contribution in [0.15, 0.2) is 0 Å². The molecule has 68 heavy (non-hydrogen) atoms. The molecular weight excluding hydrogens is 937 g/mol. The van der Waals surface area contributed by atoms with Gasteiger partial charge in [-0.1, -0.05) is 466 Å². The number of rotatable bonds is 4. The van der Waals surface area contributed by atoms with Gasteiger partial charge in [-0.15, -0.1) is 0 Å². The van der Waals surface area contributed by atoms with Gasteiger partial charge in [-0.3, -0.25) is 0 Å². The first-order valence-electron chi connectivity index (χ1n) is 2.84. The molecule has 1 fully saturated rings. The Labute approximate surface area is 514 Å². The fourth-order valence-corrected chi connectivity index (χ4v) is 6.39. The highest BCUT2D eigenvalue weighted by Gasteiger charge is 2.23. The summed E-state index contributed by atoms with van der Waals surface area (Å²) < 4.78 is 0.861. The predicted octanol–water partition coefficient (Wildman–Crippen LogP) is 40.6. The fourth-order valence-electron chi connectivity index (χ4n) is 0.251. The summed E-state index contributed by atoms with van der Waals surface area (Å²) in [5, 5.41) is 1.22. The average Bonchev–Trinajstić information content (AvgIpc) is 2.76. The van der Waals surface area contributed by atoms with Crippen LogP contribution >= 0.6 is 66.7 Å². The minimum absolute atomic E-state index is 0. The summed E-state index contributed by atoms with van der Waals surface area (Å²) >= 11 is 3.73. The molecular formula is C62H240S6. The van der Waals surface area contributed by atoms with Gasteiger partial charge in [-0.2, -0.15) is 23.5 Å². The Bertz CT molecular complexity index is 89.7. The molecule has 0 spiro atoms. The Hall–Kier alpha value is 2.10. The standard InChI is InChI=1S/C3H8S2.C2H4S4.57CH4/c1-4-3-5-2;1-3-4-2-5-6-2;;;;;;;;;;;;;;;;;;;;;;;;;;;;;;;;;;;;;;;;;;;;;;;;;;;;;;;;;/h3H2,1-2H3;2H,1H3;57*1H4. The molecule has 0 N–H and O–H groups in total. The van der Waals surface area contributed by atoms with E-state index in [1.807, 2.05) is 66.7 Å². The van der Waals surface area contributed by atoms with E-state index in [4.69, 9.17) is 0 Å². The molecule has 1 heterocycles. The molecule has 0 aliphatic carbocycles. The van der Waals surface area contributed by atoms with Crippen molar-refractivity contribution in [2.24, 2.45) is 0 Å². The van der Waals surface area contributed by atoms with Crippen molar-refractivity contribution in [2.75, 3.05) is 23.9 Å². The van der Waals surface area contributed by atoms with Crippen LogP contribution < -0.4 is 0 Å². The van der Waals surface area contributed by atoms with Gasteiger partial charge in [-0.05, 0) is 18.8 Å². The van der Waals surface area contributed by atoms with Crippen LogP contribution in [0, 0.1) is 0 Å². The van der Waals surface area contributed by atoms with Crippen LogP contribution in [-0.4, -0.2) is 27.8 Å². The molecule has 1 rings (SSSR count). The first-order valence-corrected chi connectivity index (χ1v) is 10.5. The lowest BCUT2D eigenvalue weighted by atomic mass is 11.9. The van der Waals surface area contributed by atoms with Gasteiger partial charge in [0.1, 0.15) is 3.91 Å². The molecule has 0 bridgehead atoms. The van der Waals surface area contributed by atoms with Crippen molar-refractivity contribution in [1.29, 1.82) is 0 Å². The van der Waals surface area contributed by atoms with Gasteiger partial charge >= 0.3 is 0 Å². The zero-order valence-electron chi connectivity index (χ0n) is 6.73. The van der Waals surface area contributed by atoms with E-state index in [0.29, 0.717) is 0 Å². The molecule has 0 aromatic heterocycles. The van der Waals surface area contributed by atoms with Crippen LogP contribution in [0.2, 0.25) is 0 Å². The monoisotopic (exact) mass is 1180 g/mol. The smallest absolute Gasteiger partial charge is 0.126 e. The first kappa shape index (κ1) is 2290. The van der Waals surface area contributed by atoms with Gasteiger partial charge in [0, 0.05) is 5.08 Å². The summed E-state index contributed by atoms with van der Waals surface area (Å²) in [6.45, 7) is 0. The summed E-state index contributed by atoms with van der Waals surface area (Å²) in [5.41, 5.74) is 0. The molecule has 0 unspecified atom stereocenters. The zero-order chi connectivity index (χ0) is 8.53. The van der Waals surface area contributed by atoms with Crippen LogP contribution in [0.4, 0.5) is 0 Å². The number of thioether (sulfide) groups is 2. The van der Waals surface area contributed by atoms with E-state index in [9.17, 15) is 0 Å². The summed E-state index contributed by atoms with van der Waals surface area (Å²) in [5.74, 6) is 0. The van der Waals surface area contributed by atoms with Crippen molar-refractivity contribution < 1.29 is 0 Å². The molecule has 0 aromatic carbocycles. The van der Waals surface area contributed by atoms with E-state index in [0.717, 1.165) is 3.91 Å². The molecule has 6 heteroatoms. The Morgan fingerprint density at radius 2 is 0.279 bits per heavy atom. The lowest BCUT2D eigenvalue weighted by Gasteiger charge is -1.80. The Morgan fingerprint density at radius 3 is 0.294 bits per heavy atom. The van der Waals surface area contributed by atoms with Gasteiger partial charge in [0.2, 0.25) is 0 Å². The Morgan fingerprint density at radius 1 is 0.191 bits per heavy atom. The van der Waals surface area contributed by atoms with Gasteiger partial charge in [0.25, 0.3) is 0 Å². The summed E-state index contributed by atoms with van der Waals surface area (Å²) in [7, 11) is 7.69. The van der Waals surface area contributed by atoms with E-state index in [-0.39, 0.29) is 423 Å². The first-order chi connectivity index (χ1) is 5.35. The average molecular weight is 1180 g/mol. The number of hydrogen-bond acceptors (Lipinski definition) is 6. The third kappa shape index (κ3) is 3010. The fraction of sp³-hybridized carbons (Fsp3) is 1.00. The summed E-state index contributed by atoms with van der Waals surface area (Å²) in [4.78, 5) is 0. The lowest BCUT2D eigenvalue weighted by molar-refractivity contribution is 2.20. The summed E-state index contributed by atoms with van der Waals surface area (Å²) in [6, 6.07) is 0. The molecule has 0 saturated carbocycles. The molecule has 0 atom stereocenters. The Balaban J connectivity index is -0.000000000286. The second kappa shape index (κ2) is 2190. The van der Waals surface area contributed by atoms with Crippen LogP contribution in [0.5, 0.6) is 0 Å². The number of hydrogen-bond donors (Lipinski definition) is 0. The SMILES string of the molecule is C.C.C.C.C.C.C.C.C.C.C.C.C.C.C.C.C.C.C.C.C.C.C.C.C.C.C.C.C.C.C.C.C.C.C.C.C.C.C.C.C.C.C.C.C.C.C.C.C.C.C.C.C.C.C.C.C.CSCSC.CSSC1SS1. The maximum atomic E-state index is 2.12. The van der Waals surface area contributed by atoms with E-state index >= 15 is 0 Å². The van der Waals surface area contributed by atoms with Crippen molar-refractivity contribution >= 4 is 66.7 Å². The van der Waals surface area contributed by atoms with Crippen LogP contribution in [0.1, 0.15) is 423 Å². The van der Waals surface area contributed by atoms with E-state index in [1.54, 1.807) is 0 Å². The second-order valence-corrected chi connectivity index (χ2v) is 9.49. The van der Waals surface area contributed by atoms with Crippen molar-refractivity contribution in [3.8, 4) is 0 Å². The maximum absolute atomic E-state index is 2.12. The van der Waals surface area contributed by atoms with Crippen molar-refractivity contribution in [2.45, 2.75) is 427 Å². The molecule has 0 aromatic rings. The molecule has 524 valence electrons. The van der Waals surface area contributed by atoms with Crippen LogP contribution in [0.3, 0.4) is 0 Å². The van der Waals surface area contributed by atoms with Gasteiger partial charge < -0.3 is 0 Å². The molecule has 0 radical (unpaired) electrons. The Kier molecular flexibility index (Phi) is 73600. The molecule has 0 amide bonds. The lowest BCUT2D eigenvalue weighted by Crippen LogP contribution is -1.56. The van der Waals surface area contributed by atoms with Gasteiger partial charge in [-0.25, -0.2) is 0 Å². The molecule has 1 aliphatic rings. The van der Waals surface area contributed by atoms with Crippen LogP contribution in [-0.2, 0) is 0 Å². The predicted molar refractivity (Wildman–Crippen MR) is 456 cm³/mol. The molecule has 0 nitrogen and oxygen atoms in total. The van der Waals surface area contributed by atoms with Gasteiger partial charge in [0.05, 0.1) is 0 Å². The molecule has 1 saturated heterocycles. The zero-order valence-corrected chi connectivity index (χ0v) is 11.6. The highest BCUT2D eigenvalue weighted by Crippen LogP contribution is 2.61. The minimum atomic E-state index is 0. The van der Waals surface area contributed by atoms with E-state index in [1.165, 1.54) is 5.08 Å². The highest BCUT2D eigenvalue weighted by molar-refractivity contribution is 9.02. The third-order valence-corrected chi connectivity index (χ3v) is 8.10. The quantitative estimate of drug-likeness (QED) is 0.155. The van der Waals surface area contributed by atoms with Crippen molar-refractivity contribution in [3.63, 3.8) is 0 Å². The normalized spacial score (nSPS) is 2.51. The van der Waals surface area contributed by atoms with Crippen molar-refractivity contribution in [1.82, 2.24) is 0 Å². The van der Waals surface area contributed by atoms with Crippen molar-refractivity contribution in [3.05, 3.63) is 0 Å². The third-order valence-electron chi connectivity index (χ3n) is 0.585. The minimum Gasteiger partial charge on any atom is -0.155 e. The topological polar surface area (TPSA) is 0 Å². The largest absolute Gasteiger partial charge is 0.155 e. The highest BCUT2D eigenvalue weighted by atomic mass is 33.2. The van der Waals surface area contributed by atoms with Gasteiger partial charge in [0.15, 0.2) is 0 Å². The second-order valence-electron chi connectivity index (χ2n) is 1.44. The van der Waals surface area contributed by atoms with Crippen LogP contribution in [0.25, 0.3) is 0 Å². The van der Waals surface area contributed by atoms with E-state index < -0.39 is 0 Å². The van der Waals surface area contributed by atoms with E-state index in [2.05, 4.69) is 18.8 Å². The maximum Gasteiger partial charge on any atom is 0.126 e. The summed E-state index contributed by atoms with van der Waals surface area (Å²) in [6.07, 6.45) is 6.33.